The zero-order valence-electron chi connectivity index (χ0n) is 11.0. The number of esters is 1. The van der Waals surface area contributed by atoms with Gasteiger partial charge in [0.25, 0.3) is 0 Å². The molecule has 0 aliphatic carbocycles. The minimum Gasteiger partial charge on any atom is -0.465 e. The second-order valence-corrected chi connectivity index (χ2v) is 4.64. The first kappa shape index (κ1) is 14.2. The van der Waals surface area contributed by atoms with Crippen molar-refractivity contribution < 1.29 is 19.1 Å². The summed E-state index contributed by atoms with van der Waals surface area (Å²) < 4.78 is 10.5. The van der Waals surface area contributed by atoms with Crippen LogP contribution in [0.15, 0.2) is 0 Å². The van der Waals surface area contributed by atoms with Crippen molar-refractivity contribution in [2.24, 2.45) is 5.92 Å². The van der Waals surface area contributed by atoms with Gasteiger partial charge in [-0.05, 0) is 33.1 Å². The molecular weight excluding hydrogens is 220 g/mol. The van der Waals surface area contributed by atoms with E-state index >= 15 is 0 Å². The lowest BCUT2D eigenvalue weighted by Crippen LogP contribution is -2.42. The maximum atomic E-state index is 12.3. The van der Waals surface area contributed by atoms with Crippen molar-refractivity contribution in [1.29, 1.82) is 0 Å². The van der Waals surface area contributed by atoms with Crippen LogP contribution < -0.4 is 0 Å². The largest absolute Gasteiger partial charge is 0.465 e. The molecule has 1 saturated heterocycles. The zero-order chi connectivity index (χ0) is 12.9. The standard InChI is InChI=1S/C13H22O4/c1-4-7-10(12(15)16-5-2)11(14)13(3)8-6-9-17-13/h10H,4-9H2,1-3H3. The number of ketones is 1. The first-order valence-corrected chi connectivity index (χ1v) is 6.40. The predicted molar refractivity (Wildman–Crippen MR) is 63.6 cm³/mol. The molecule has 1 rings (SSSR count). The summed E-state index contributed by atoms with van der Waals surface area (Å²) in [6.07, 6.45) is 2.90. The van der Waals surface area contributed by atoms with E-state index in [1.54, 1.807) is 13.8 Å². The van der Waals surface area contributed by atoms with Gasteiger partial charge >= 0.3 is 5.97 Å². The van der Waals surface area contributed by atoms with Crippen molar-refractivity contribution in [2.45, 2.75) is 52.1 Å². The van der Waals surface area contributed by atoms with E-state index in [9.17, 15) is 9.59 Å². The Bertz CT molecular complexity index is 279. The summed E-state index contributed by atoms with van der Waals surface area (Å²) in [5.74, 6) is -1.19. The maximum absolute atomic E-state index is 12.3. The number of carbonyl (C=O) groups excluding carboxylic acids is 2. The Morgan fingerprint density at radius 1 is 1.41 bits per heavy atom. The lowest BCUT2D eigenvalue weighted by Gasteiger charge is -2.25. The molecule has 1 fully saturated rings. The molecule has 0 aromatic rings. The minimum atomic E-state index is -0.785. The Morgan fingerprint density at radius 2 is 2.12 bits per heavy atom. The van der Waals surface area contributed by atoms with Crippen molar-refractivity contribution in [3.8, 4) is 0 Å². The molecule has 2 unspecified atom stereocenters. The van der Waals surface area contributed by atoms with Crippen molar-refractivity contribution in [2.75, 3.05) is 13.2 Å². The second-order valence-electron chi connectivity index (χ2n) is 4.64. The Balaban J connectivity index is 2.75. The monoisotopic (exact) mass is 242 g/mol. The van der Waals surface area contributed by atoms with Crippen molar-refractivity contribution >= 4 is 11.8 Å². The van der Waals surface area contributed by atoms with Gasteiger partial charge in [-0.2, -0.15) is 0 Å². The van der Waals surface area contributed by atoms with Gasteiger partial charge in [0.1, 0.15) is 11.5 Å². The van der Waals surface area contributed by atoms with Crippen LogP contribution in [-0.2, 0) is 19.1 Å². The van der Waals surface area contributed by atoms with Gasteiger partial charge in [-0.15, -0.1) is 0 Å². The fraction of sp³-hybridized carbons (Fsp3) is 0.846. The maximum Gasteiger partial charge on any atom is 0.316 e. The van der Waals surface area contributed by atoms with E-state index in [1.165, 1.54) is 0 Å². The van der Waals surface area contributed by atoms with E-state index in [-0.39, 0.29) is 5.78 Å². The lowest BCUT2D eigenvalue weighted by atomic mass is 9.85. The second kappa shape index (κ2) is 6.15. The smallest absolute Gasteiger partial charge is 0.316 e. The van der Waals surface area contributed by atoms with Gasteiger partial charge in [-0.1, -0.05) is 13.3 Å². The predicted octanol–water partition coefficient (Wildman–Crippen LogP) is 2.10. The SMILES string of the molecule is CCCC(C(=O)OCC)C(=O)C1(C)CCCO1. The Hall–Kier alpha value is -0.900. The van der Waals surface area contributed by atoms with Crippen LogP contribution in [0.1, 0.15) is 46.5 Å². The number of ether oxygens (including phenoxy) is 2. The summed E-state index contributed by atoms with van der Waals surface area (Å²) in [6.45, 7) is 6.40. The van der Waals surface area contributed by atoms with Crippen molar-refractivity contribution in [1.82, 2.24) is 0 Å². The summed E-state index contributed by atoms with van der Waals surface area (Å²) >= 11 is 0. The molecule has 4 heteroatoms. The number of carbonyl (C=O) groups is 2. The molecule has 1 aliphatic heterocycles. The van der Waals surface area contributed by atoms with Crippen LogP contribution in [0.4, 0.5) is 0 Å². The average Bonchev–Trinajstić information content (AvgIpc) is 2.73. The van der Waals surface area contributed by atoms with E-state index < -0.39 is 17.5 Å². The van der Waals surface area contributed by atoms with Crippen LogP contribution in [0, 0.1) is 5.92 Å². The molecular formula is C13H22O4. The van der Waals surface area contributed by atoms with Gasteiger partial charge in [-0.25, -0.2) is 0 Å². The molecule has 2 atom stereocenters. The Morgan fingerprint density at radius 3 is 2.59 bits per heavy atom. The normalized spacial score (nSPS) is 25.6. The van der Waals surface area contributed by atoms with Crippen LogP contribution in [0.5, 0.6) is 0 Å². The van der Waals surface area contributed by atoms with Gasteiger partial charge in [0.05, 0.1) is 6.61 Å². The third-order valence-electron chi connectivity index (χ3n) is 3.20. The molecule has 0 spiro atoms. The highest BCUT2D eigenvalue weighted by atomic mass is 16.5. The van der Waals surface area contributed by atoms with Crippen LogP contribution in [-0.4, -0.2) is 30.6 Å². The van der Waals surface area contributed by atoms with Crippen LogP contribution >= 0.6 is 0 Å². The molecule has 4 nitrogen and oxygen atoms in total. The number of hydrogen-bond donors (Lipinski definition) is 0. The zero-order valence-corrected chi connectivity index (χ0v) is 11.0. The molecule has 98 valence electrons. The Kier molecular flexibility index (Phi) is 5.12. The van der Waals surface area contributed by atoms with Crippen LogP contribution in [0.3, 0.4) is 0 Å². The van der Waals surface area contributed by atoms with E-state index in [0.717, 1.165) is 12.8 Å². The minimum absolute atomic E-state index is 0.115. The number of rotatable bonds is 6. The number of hydrogen-bond acceptors (Lipinski definition) is 4. The number of Topliss-reactive ketones (excluding diaryl/α,β-unsaturated/α-hetero) is 1. The fourth-order valence-corrected chi connectivity index (χ4v) is 2.23. The van der Waals surface area contributed by atoms with E-state index in [2.05, 4.69) is 0 Å². The third-order valence-corrected chi connectivity index (χ3v) is 3.20. The van der Waals surface area contributed by atoms with Crippen molar-refractivity contribution in [3.05, 3.63) is 0 Å². The van der Waals surface area contributed by atoms with E-state index in [0.29, 0.717) is 26.1 Å². The topological polar surface area (TPSA) is 52.6 Å². The van der Waals surface area contributed by atoms with Crippen LogP contribution in [0.25, 0.3) is 0 Å². The van der Waals surface area contributed by atoms with E-state index in [4.69, 9.17) is 9.47 Å². The van der Waals surface area contributed by atoms with Gasteiger partial charge in [0, 0.05) is 6.61 Å². The van der Waals surface area contributed by atoms with E-state index in [1.807, 2.05) is 6.92 Å². The highest BCUT2D eigenvalue weighted by Gasteiger charge is 2.44. The quantitative estimate of drug-likeness (QED) is 0.528. The van der Waals surface area contributed by atoms with Gasteiger partial charge in [0.15, 0.2) is 5.78 Å². The molecule has 0 amide bonds. The highest BCUT2D eigenvalue weighted by Crippen LogP contribution is 2.30. The summed E-state index contributed by atoms with van der Waals surface area (Å²) in [5.41, 5.74) is -0.785. The highest BCUT2D eigenvalue weighted by molar-refractivity contribution is 6.03. The molecule has 17 heavy (non-hydrogen) atoms. The molecule has 1 aliphatic rings. The molecule has 0 aromatic heterocycles. The molecule has 1 heterocycles. The fourth-order valence-electron chi connectivity index (χ4n) is 2.23. The summed E-state index contributed by atoms with van der Waals surface area (Å²) in [5, 5.41) is 0. The molecule has 0 bridgehead atoms. The third kappa shape index (κ3) is 3.28. The van der Waals surface area contributed by atoms with Crippen LogP contribution in [0.2, 0.25) is 0 Å². The van der Waals surface area contributed by atoms with Crippen molar-refractivity contribution in [3.63, 3.8) is 0 Å². The summed E-state index contributed by atoms with van der Waals surface area (Å²) in [6, 6.07) is 0. The first-order valence-electron chi connectivity index (χ1n) is 6.40. The Labute approximate surface area is 103 Å². The molecule has 0 aromatic carbocycles. The van der Waals surface area contributed by atoms with Gasteiger partial charge in [-0.3, -0.25) is 9.59 Å². The van der Waals surface area contributed by atoms with Gasteiger partial charge < -0.3 is 9.47 Å². The first-order chi connectivity index (χ1) is 8.05. The van der Waals surface area contributed by atoms with Gasteiger partial charge in [0.2, 0.25) is 0 Å². The molecule has 0 radical (unpaired) electrons. The molecule has 0 N–H and O–H groups in total. The lowest BCUT2D eigenvalue weighted by molar-refractivity contribution is -0.158. The summed E-state index contributed by atoms with van der Waals surface area (Å²) in [4.78, 5) is 24.1. The summed E-state index contributed by atoms with van der Waals surface area (Å²) in [7, 11) is 0. The molecule has 0 saturated carbocycles. The average molecular weight is 242 g/mol.